The van der Waals surface area contributed by atoms with Gasteiger partial charge >= 0.3 is 18.2 Å². The minimum Gasteiger partial charge on any atom is -0.467 e. The van der Waals surface area contributed by atoms with Crippen molar-refractivity contribution in [3.63, 3.8) is 0 Å². The Kier molecular flexibility index (Phi) is 17.7. The van der Waals surface area contributed by atoms with E-state index in [-0.39, 0.29) is 32.4 Å². The number of hydrogen-bond donors (Lipinski definition) is 5. The number of ether oxygens (including phenoxy) is 3. The van der Waals surface area contributed by atoms with Crippen LogP contribution in [-0.2, 0) is 40.0 Å². The first-order valence-electron chi connectivity index (χ1n) is 15.2. The lowest BCUT2D eigenvalue weighted by Crippen LogP contribution is -2.56. The van der Waals surface area contributed by atoms with Gasteiger partial charge in [0, 0.05) is 13.0 Å². The summed E-state index contributed by atoms with van der Waals surface area (Å²) in [6.07, 6.45) is 0.930. The van der Waals surface area contributed by atoms with Crippen molar-refractivity contribution in [1.82, 2.24) is 21.3 Å². The molecule has 0 unspecified atom stereocenters. The number of benzene rings is 1. The standard InChI is InChI=1S/C31H49N5O9/c1-6-7-15-24(28(40)43-5)35-27(39)23(17-18-25(32)37)34-26(38)22(36-30(42)45-31(2,3)4)16-11-12-19-33-29(41)44-20-21-13-9-8-10-14-21/h8-10,13-14,22-24H,6-7,11-12,15-20H2,1-5H3,(H2,32,37)(H,33,41)(H,34,38)(H,35,39)(H,36,42)/t22-,23-,24-/m0/s1. The molecule has 0 aromatic heterocycles. The number of carbonyl (C=O) groups is 6. The zero-order valence-corrected chi connectivity index (χ0v) is 26.9. The Morgan fingerprint density at radius 3 is 1.98 bits per heavy atom. The normalized spacial score (nSPS) is 12.9. The van der Waals surface area contributed by atoms with Gasteiger partial charge in [-0.15, -0.1) is 0 Å². The maximum absolute atomic E-state index is 13.4. The average molecular weight is 636 g/mol. The quantitative estimate of drug-likeness (QED) is 0.0859. The molecule has 0 aliphatic rings. The molecule has 0 bridgehead atoms. The van der Waals surface area contributed by atoms with Gasteiger partial charge < -0.3 is 41.2 Å². The van der Waals surface area contributed by atoms with E-state index in [1.54, 1.807) is 20.8 Å². The van der Waals surface area contributed by atoms with E-state index in [1.807, 2.05) is 37.3 Å². The van der Waals surface area contributed by atoms with Crippen LogP contribution in [0.2, 0.25) is 0 Å². The van der Waals surface area contributed by atoms with Gasteiger partial charge in [0.1, 0.15) is 30.3 Å². The van der Waals surface area contributed by atoms with Gasteiger partial charge in [-0.2, -0.15) is 0 Å². The van der Waals surface area contributed by atoms with Crippen molar-refractivity contribution in [2.24, 2.45) is 5.73 Å². The van der Waals surface area contributed by atoms with E-state index in [0.717, 1.165) is 12.0 Å². The third-order valence-corrected chi connectivity index (χ3v) is 6.37. The van der Waals surface area contributed by atoms with Gasteiger partial charge in [-0.3, -0.25) is 14.4 Å². The van der Waals surface area contributed by atoms with Crippen molar-refractivity contribution in [3.8, 4) is 0 Å². The number of nitrogens with two attached hydrogens (primary N) is 1. The molecule has 0 saturated carbocycles. The number of rotatable bonds is 19. The Morgan fingerprint density at radius 1 is 0.800 bits per heavy atom. The molecule has 3 atom stereocenters. The van der Waals surface area contributed by atoms with Crippen molar-refractivity contribution in [3.05, 3.63) is 35.9 Å². The smallest absolute Gasteiger partial charge is 0.408 e. The summed E-state index contributed by atoms with van der Waals surface area (Å²) in [7, 11) is 1.20. The minimum atomic E-state index is -1.23. The van der Waals surface area contributed by atoms with E-state index in [1.165, 1.54) is 7.11 Å². The Morgan fingerprint density at radius 2 is 1.40 bits per heavy atom. The molecular formula is C31H49N5O9. The number of nitrogens with one attached hydrogen (secondary N) is 4. The summed E-state index contributed by atoms with van der Waals surface area (Å²) in [5, 5.41) is 10.3. The van der Waals surface area contributed by atoms with Crippen LogP contribution in [0.5, 0.6) is 0 Å². The van der Waals surface area contributed by atoms with E-state index in [4.69, 9.17) is 19.9 Å². The molecule has 0 aliphatic heterocycles. The lowest BCUT2D eigenvalue weighted by Gasteiger charge is -2.26. The molecule has 45 heavy (non-hydrogen) atoms. The Balaban J connectivity index is 2.88. The van der Waals surface area contributed by atoms with Crippen LogP contribution in [-0.4, -0.2) is 73.3 Å². The van der Waals surface area contributed by atoms with Crippen molar-refractivity contribution < 1.29 is 43.0 Å². The summed E-state index contributed by atoms with van der Waals surface area (Å²) in [5.74, 6) is -2.73. The van der Waals surface area contributed by atoms with Gasteiger partial charge in [-0.1, -0.05) is 50.1 Å². The van der Waals surface area contributed by atoms with Crippen molar-refractivity contribution >= 4 is 35.9 Å². The van der Waals surface area contributed by atoms with Crippen LogP contribution in [0.1, 0.15) is 84.6 Å². The fourth-order valence-corrected chi connectivity index (χ4v) is 4.06. The van der Waals surface area contributed by atoms with E-state index in [2.05, 4.69) is 21.3 Å². The molecular weight excluding hydrogens is 586 g/mol. The molecule has 0 heterocycles. The van der Waals surface area contributed by atoms with Crippen LogP contribution in [0.3, 0.4) is 0 Å². The monoisotopic (exact) mass is 635 g/mol. The summed E-state index contributed by atoms with van der Waals surface area (Å²) in [6, 6.07) is 5.91. The van der Waals surface area contributed by atoms with E-state index >= 15 is 0 Å². The molecule has 14 nitrogen and oxygen atoms in total. The molecule has 0 fully saturated rings. The third kappa shape index (κ3) is 17.5. The van der Waals surface area contributed by atoms with E-state index < -0.39 is 59.6 Å². The van der Waals surface area contributed by atoms with Crippen LogP contribution < -0.4 is 27.0 Å². The van der Waals surface area contributed by atoms with Gasteiger partial charge in [0.15, 0.2) is 0 Å². The number of unbranched alkanes of at least 4 members (excludes halogenated alkanes) is 2. The Hall–Kier alpha value is -4.36. The highest BCUT2D eigenvalue weighted by molar-refractivity contribution is 5.93. The predicted molar refractivity (Wildman–Crippen MR) is 165 cm³/mol. The van der Waals surface area contributed by atoms with Crippen molar-refractivity contribution in [1.29, 1.82) is 0 Å². The number of methoxy groups -OCH3 is 1. The van der Waals surface area contributed by atoms with Crippen LogP contribution >= 0.6 is 0 Å². The first kappa shape index (κ1) is 38.7. The number of alkyl carbamates (subject to hydrolysis) is 2. The number of primary amides is 1. The van der Waals surface area contributed by atoms with Crippen LogP contribution in [0.15, 0.2) is 30.3 Å². The Bertz CT molecular complexity index is 1110. The zero-order valence-electron chi connectivity index (χ0n) is 26.9. The second kappa shape index (κ2) is 20.6. The Labute approximate surface area is 264 Å². The fourth-order valence-electron chi connectivity index (χ4n) is 4.06. The SMILES string of the molecule is CCCC[C@H](NC(=O)[C@H](CCC(N)=O)NC(=O)[C@H](CCCCNC(=O)OCc1ccccc1)NC(=O)OC(C)(C)C)C(=O)OC. The van der Waals surface area contributed by atoms with E-state index in [9.17, 15) is 28.8 Å². The number of esters is 1. The number of hydrogen-bond acceptors (Lipinski definition) is 9. The molecule has 0 radical (unpaired) electrons. The molecule has 1 aromatic rings. The van der Waals surface area contributed by atoms with Gasteiger partial charge in [0.2, 0.25) is 17.7 Å². The minimum absolute atomic E-state index is 0.123. The first-order valence-corrected chi connectivity index (χ1v) is 15.2. The van der Waals surface area contributed by atoms with E-state index in [0.29, 0.717) is 25.7 Å². The highest BCUT2D eigenvalue weighted by Gasteiger charge is 2.30. The molecule has 1 rings (SSSR count). The molecule has 14 heteroatoms. The first-order chi connectivity index (χ1) is 21.2. The summed E-state index contributed by atoms with van der Waals surface area (Å²) < 4.78 is 15.3. The second-order valence-electron chi connectivity index (χ2n) is 11.5. The summed E-state index contributed by atoms with van der Waals surface area (Å²) in [6.45, 7) is 7.32. The molecule has 0 saturated heterocycles. The van der Waals surface area contributed by atoms with Gasteiger partial charge in [0.05, 0.1) is 7.11 Å². The highest BCUT2D eigenvalue weighted by Crippen LogP contribution is 2.10. The zero-order chi connectivity index (χ0) is 33.8. The number of amides is 5. The van der Waals surface area contributed by atoms with Crippen LogP contribution in [0, 0.1) is 0 Å². The fraction of sp³-hybridized carbons (Fsp3) is 0.613. The van der Waals surface area contributed by atoms with Crippen molar-refractivity contribution in [2.75, 3.05) is 13.7 Å². The second-order valence-corrected chi connectivity index (χ2v) is 11.5. The molecule has 5 amide bonds. The topological polar surface area (TPSA) is 204 Å². The molecule has 1 aromatic carbocycles. The summed E-state index contributed by atoms with van der Waals surface area (Å²) in [5.41, 5.74) is 5.30. The molecule has 0 spiro atoms. The molecule has 6 N–H and O–H groups in total. The third-order valence-electron chi connectivity index (χ3n) is 6.37. The van der Waals surface area contributed by atoms with Crippen LogP contribution in [0.4, 0.5) is 9.59 Å². The van der Waals surface area contributed by atoms with Crippen LogP contribution in [0.25, 0.3) is 0 Å². The highest BCUT2D eigenvalue weighted by atomic mass is 16.6. The summed E-state index contributed by atoms with van der Waals surface area (Å²) >= 11 is 0. The maximum atomic E-state index is 13.4. The lowest BCUT2D eigenvalue weighted by molar-refractivity contribution is -0.145. The number of carbonyl (C=O) groups excluding carboxylic acids is 6. The largest absolute Gasteiger partial charge is 0.467 e. The van der Waals surface area contributed by atoms with Gasteiger partial charge in [0.25, 0.3) is 0 Å². The van der Waals surface area contributed by atoms with Gasteiger partial charge in [-0.25, -0.2) is 14.4 Å². The van der Waals surface area contributed by atoms with Gasteiger partial charge in [-0.05, 0) is 58.4 Å². The van der Waals surface area contributed by atoms with Crippen molar-refractivity contribution in [2.45, 2.75) is 109 Å². The summed E-state index contributed by atoms with van der Waals surface area (Å²) in [4.78, 5) is 74.9. The molecule has 0 aliphatic carbocycles. The maximum Gasteiger partial charge on any atom is 0.408 e. The lowest BCUT2D eigenvalue weighted by atomic mass is 10.0. The molecule has 252 valence electrons. The predicted octanol–water partition coefficient (Wildman–Crippen LogP) is 2.57. The average Bonchev–Trinajstić information content (AvgIpc) is 2.98.